The Hall–Kier alpha value is -1.82. The Morgan fingerprint density at radius 3 is 3.11 bits per heavy atom. The average Bonchev–Trinajstić information content (AvgIpc) is 2.86. The second kappa shape index (κ2) is 4.81. The molecule has 0 spiro atoms. The van der Waals surface area contributed by atoms with E-state index in [2.05, 4.69) is 32.3 Å². The quantitative estimate of drug-likeness (QED) is 0.842. The van der Waals surface area contributed by atoms with Gasteiger partial charge in [-0.2, -0.15) is 5.10 Å². The summed E-state index contributed by atoms with van der Waals surface area (Å²) in [6.45, 7) is 4.75. The number of hydrogen-bond acceptors (Lipinski definition) is 5. The lowest BCUT2D eigenvalue weighted by Gasteiger charge is -2.18. The summed E-state index contributed by atoms with van der Waals surface area (Å²) in [6, 6.07) is 0. The van der Waals surface area contributed by atoms with E-state index < -0.39 is 0 Å². The second-order valence-electron chi connectivity index (χ2n) is 4.34. The topological polar surface area (TPSA) is 68.5 Å². The van der Waals surface area contributed by atoms with Crippen LogP contribution in [0.15, 0.2) is 12.7 Å². The van der Waals surface area contributed by atoms with Gasteiger partial charge < -0.3 is 5.32 Å². The van der Waals surface area contributed by atoms with Gasteiger partial charge >= 0.3 is 0 Å². The van der Waals surface area contributed by atoms with Crippen molar-refractivity contribution in [2.75, 3.05) is 6.54 Å². The molecule has 3 heterocycles. The minimum atomic E-state index is 0.723. The second-order valence-corrected chi connectivity index (χ2v) is 4.34. The molecule has 0 saturated carbocycles. The molecule has 0 atom stereocenters. The van der Waals surface area contributed by atoms with E-state index in [1.165, 1.54) is 11.3 Å². The molecule has 0 aromatic carbocycles. The number of hydrogen-bond donors (Lipinski definition) is 1. The zero-order valence-electron chi connectivity index (χ0n) is 10.4. The van der Waals surface area contributed by atoms with Crippen LogP contribution in [0, 0.1) is 0 Å². The molecule has 0 unspecified atom stereocenters. The van der Waals surface area contributed by atoms with Crippen molar-refractivity contribution in [2.24, 2.45) is 0 Å². The fourth-order valence-electron chi connectivity index (χ4n) is 2.32. The third-order valence-electron chi connectivity index (χ3n) is 3.29. The highest BCUT2D eigenvalue weighted by atomic mass is 15.3. The van der Waals surface area contributed by atoms with Crippen LogP contribution >= 0.6 is 0 Å². The molecule has 0 aliphatic carbocycles. The smallest absolute Gasteiger partial charge is 0.138 e. The van der Waals surface area contributed by atoms with Crippen molar-refractivity contribution in [1.29, 1.82) is 0 Å². The first-order valence-electron chi connectivity index (χ1n) is 6.27. The fourth-order valence-corrected chi connectivity index (χ4v) is 2.32. The van der Waals surface area contributed by atoms with Crippen LogP contribution in [0.3, 0.4) is 0 Å². The van der Waals surface area contributed by atoms with Gasteiger partial charge in [0.15, 0.2) is 0 Å². The third kappa shape index (κ3) is 1.99. The van der Waals surface area contributed by atoms with Gasteiger partial charge in [-0.15, -0.1) is 0 Å². The predicted octanol–water partition coefficient (Wildman–Crippen LogP) is 0.324. The maximum Gasteiger partial charge on any atom is 0.138 e. The summed E-state index contributed by atoms with van der Waals surface area (Å²) in [5.74, 6) is 0.962. The van der Waals surface area contributed by atoms with Gasteiger partial charge in [-0.25, -0.2) is 19.6 Å². The van der Waals surface area contributed by atoms with Crippen LogP contribution in [-0.2, 0) is 25.9 Å². The average molecular weight is 244 g/mol. The molecule has 0 amide bonds. The lowest BCUT2D eigenvalue weighted by molar-refractivity contribution is 0.602. The summed E-state index contributed by atoms with van der Waals surface area (Å²) in [5, 5.41) is 7.56. The Kier molecular flexibility index (Phi) is 3.02. The van der Waals surface area contributed by atoms with Gasteiger partial charge in [0.05, 0.1) is 12.1 Å². The van der Waals surface area contributed by atoms with Crippen LogP contribution in [0.1, 0.15) is 29.7 Å². The third-order valence-corrected chi connectivity index (χ3v) is 3.29. The van der Waals surface area contributed by atoms with Gasteiger partial charge in [0.2, 0.25) is 0 Å². The van der Waals surface area contributed by atoms with Crippen LogP contribution in [0.4, 0.5) is 0 Å². The monoisotopic (exact) mass is 244 g/mol. The molecule has 18 heavy (non-hydrogen) atoms. The van der Waals surface area contributed by atoms with Crippen LogP contribution in [0.2, 0.25) is 0 Å². The molecule has 0 radical (unpaired) electrons. The Labute approximate surface area is 105 Å². The van der Waals surface area contributed by atoms with E-state index in [1.807, 2.05) is 4.68 Å². The summed E-state index contributed by atoms with van der Waals surface area (Å²) in [5.41, 5.74) is 3.46. The minimum absolute atomic E-state index is 0.723. The number of fused-ring (bicyclic) bond motifs is 1. The van der Waals surface area contributed by atoms with Crippen molar-refractivity contribution in [2.45, 2.75) is 32.9 Å². The first-order valence-corrected chi connectivity index (χ1v) is 6.27. The molecule has 6 nitrogen and oxygen atoms in total. The van der Waals surface area contributed by atoms with Crippen LogP contribution < -0.4 is 5.32 Å². The summed E-state index contributed by atoms with van der Waals surface area (Å²) in [7, 11) is 0. The van der Waals surface area contributed by atoms with E-state index in [0.29, 0.717) is 0 Å². The van der Waals surface area contributed by atoms with E-state index in [0.717, 1.165) is 44.0 Å². The van der Waals surface area contributed by atoms with Crippen LogP contribution in [0.5, 0.6) is 0 Å². The number of rotatable bonds is 3. The summed E-state index contributed by atoms with van der Waals surface area (Å²) in [4.78, 5) is 13.1. The summed E-state index contributed by atoms with van der Waals surface area (Å²) in [6.07, 6.45) is 4.96. The zero-order valence-corrected chi connectivity index (χ0v) is 10.4. The van der Waals surface area contributed by atoms with E-state index in [1.54, 1.807) is 12.7 Å². The SMILES string of the molecule is CCn1ncnc1Cc1ncnc2c1CNCC2. The standard InChI is InChI=1S/C12H16N6/c1-2-18-12(16-8-17-18)5-11-9-6-13-4-3-10(9)14-7-15-11/h7-8,13H,2-6H2,1H3. The van der Waals surface area contributed by atoms with Crippen molar-refractivity contribution in [3.8, 4) is 0 Å². The van der Waals surface area contributed by atoms with E-state index >= 15 is 0 Å². The van der Waals surface area contributed by atoms with Crippen molar-refractivity contribution in [1.82, 2.24) is 30.0 Å². The van der Waals surface area contributed by atoms with Gasteiger partial charge in [-0.3, -0.25) is 0 Å². The summed E-state index contributed by atoms with van der Waals surface area (Å²) < 4.78 is 1.91. The highest BCUT2D eigenvalue weighted by Crippen LogP contribution is 2.16. The van der Waals surface area contributed by atoms with Crippen molar-refractivity contribution < 1.29 is 0 Å². The Morgan fingerprint density at radius 2 is 2.22 bits per heavy atom. The van der Waals surface area contributed by atoms with Crippen molar-refractivity contribution in [3.05, 3.63) is 35.4 Å². The van der Waals surface area contributed by atoms with Crippen LogP contribution in [0.25, 0.3) is 0 Å². The molecule has 0 bridgehead atoms. The van der Waals surface area contributed by atoms with E-state index in [4.69, 9.17) is 0 Å². The predicted molar refractivity (Wildman–Crippen MR) is 65.9 cm³/mol. The maximum absolute atomic E-state index is 4.41. The molecule has 0 fully saturated rings. The molecule has 2 aromatic rings. The lowest BCUT2D eigenvalue weighted by atomic mass is 10.0. The molecule has 0 saturated heterocycles. The van der Waals surface area contributed by atoms with Crippen molar-refractivity contribution >= 4 is 0 Å². The Morgan fingerprint density at radius 1 is 1.28 bits per heavy atom. The molecule has 1 aliphatic rings. The zero-order chi connectivity index (χ0) is 12.4. The first kappa shape index (κ1) is 11.3. The molecule has 2 aromatic heterocycles. The molecule has 3 rings (SSSR count). The Balaban J connectivity index is 1.93. The van der Waals surface area contributed by atoms with E-state index in [9.17, 15) is 0 Å². The summed E-state index contributed by atoms with van der Waals surface area (Å²) >= 11 is 0. The van der Waals surface area contributed by atoms with Gasteiger partial charge in [-0.1, -0.05) is 0 Å². The molecular formula is C12H16N6. The highest BCUT2D eigenvalue weighted by molar-refractivity contribution is 5.28. The molecule has 94 valence electrons. The lowest BCUT2D eigenvalue weighted by Crippen LogP contribution is -2.26. The fraction of sp³-hybridized carbons (Fsp3) is 0.500. The molecule has 1 N–H and O–H groups in total. The molecule has 1 aliphatic heterocycles. The minimum Gasteiger partial charge on any atom is -0.312 e. The van der Waals surface area contributed by atoms with Gasteiger partial charge in [0.1, 0.15) is 18.5 Å². The number of nitrogens with one attached hydrogen (secondary N) is 1. The van der Waals surface area contributed by atoms with Gasteiger partial charge in [0, 0.05) is 37.3 Å². The first-order chi connectivity index (χ1) is 8.88. The van der Waals surface area contributed by atoms with Gasteiger partial charge in [-0.05, 0) is 6.92 Å². The molecular weight excluding hydrogens is 228 g/mol. The largest absolute Gasteiger partial charge is 0.312 e. The van der Waals surface area contributed by atoms with Crippen LogP contribution in [-0.4, -0.2) is 31.3 Å². The molecule has 6 heteroatoms. The van der Waals surface area contributed by atoms with Crippen molar-refractivity contribution in [3.63, 3.8) is 0 Å². The number of aryl methyl sites for hydroxylation is 1. The number of nitrogens with zero attached hydrogens (tertiary/aromatic N) is 5. The van der Waals surface area contributed by atoms with E-state index in [-0.39, 0.29) is 0 Å². The maximum atomic E-state index is 4.41. The number of aromatic nitrogens is 5. The normalized spacial score (nSPS) is 14.5. The Bertz CT molecular complexity index is 547. The van der Waals surface area contributed by atoms with Gasteiger partial charge in [0.25, 0.3) is 0 Å². The highest BCUT2D eigenvalue weighted by Gasteiger charge is 2.16.